The third-order valence-corrected chi connectivity index (χ3v) is 6.30. The summed E-state index contributed by atoms with van der Waals surface area (Å²) in [6.45, 7) is 8.38. The summed E-state index contributed by atoms with van der Waals surface area (Å²) in [5.41, 5.74) is 1.37. The van der Waals surface area contributed by atoms with Crippen molar-refractivity contribution in [3.63, 3.8) is 0 Å². The second-order valence-corrected chi connectivity index (χ2v) is 9.11. The largest absolute Gasteiger partial charge is 0.354 e. The lowest BCUT2D eigenvalue weighted by Gasteiger charge is -2.45. The molecule has 8 heteroatoms. The van der Waals surface area contributed by atoms with Crippen LogP contribution in [-0.2, 0) is 28.1 Å². The number of aryl methyl sites for hydroxylation is 1. The number of ether oxygens (including phenoxy) is 1. The zero-order valence-corrected chi connectivity index (χ0v) is 19.1. The van der Waals surface area contributed by atoms with Gasteiger partial charge in [-0.15, -0.1) is 0 Å². The Labute approximate surface area is 189 Å². The van der Waals surface area contributed by atoms with Gasteiger partial charge in [0.25, 0.3) is 5.91 Å². The smallest absolute Gasteiger partial charge is 0.321 e. The van der Waals surface area contributed by atoms with Gasteiger partial charge in [-0.05, 0) is 30.0 Å². The standard InChI is InChI=1S/C24H33N5O3/c1-4-18-5-7-19(8-6-18)27-23(31)28-12-9-24(10-13-28)22-25-11-14-29(22)16-20(32-24)21(30)26-15-17(2)3/h5-8,11,14,17,20H,4,9-10,12-13,15-16H2,1-3H3,(H,26,30)(H,27,31)/t20-/m0/s1. The predicted molar refractivity (Wildman–Crippen MR) is 122 cm³/mol. The molecule has 2 aliphatic heterocycles. The van der Waals surface area contributed by atoms with Gasteiger partial charge in [0, 0.05) is 50.6 Å². The molecule has 3 heterocycles. The van der Waals surface area contributed by atoms with Gasteiger partial charge in [-0.3, -0.25) is 4.79 Å². The first-order chi connectivity index (χ1) is 15.4. The Morgan fingerprint density at radius 3 is 2.59 bits per heavy atom. The van der Waals surface area contributed by atoms with E-state index in [1.54, 1.807) is 11.1 Å². The summed E-state index contributed by atoms with van der Waals surface area (Å²) >= 11 is 0. The van der Waals surface area contributed by atoms with E-state index >= 15 is 0 Å². The van der Waals surface area contributed by atoms with Crippen molar-refractivity contribution in [2.45, 2.75) is 58.3 Å². The van der Waals surface area contributed by atoms with E-state index in [0.29, 0.717) is 44.9 Å². The third-order valence-electron chi connectivity index (χ3n) is 6.30. The minimum absolute atomic E-state index is 0.0897. The number of amides is 3. The van der Waals surface area contributed by atoms with Crippen molar-refractivity contribution in [3.05, 3.63) is 48.0 Å². The number of nitrogens with one attached hydrogen (secondary N) is 2. The molecule has 1 saturated heterocycles. The number of nitrogens with zero attached hydrogens (tertiary/aromatic N) is 3. The predicted octanol–water partition coefficient (Wildman–Crippen LogP) is 3.14. The van der Waals surface area contributed by atoms with E-state index in [1.807, 2.05) is 35.0 Å². The van der Waals surface area contributed by atoms with E-state index in [9.17, 15) is 9.59 Å². The minimum Gasteiger partial charge on any atom is -0.354 e. The molecule has 32 heavy (non-hydrogen) atoms. The number of fused-ring (bicyclic) bond motifs is 2. The molecule has 1 aromatic carbocycles. The molecule has 2 N–H and O–H groups in total. The van der Waals surface area contributed by atoms with Crippen LogP contribution in [0.4, 0.5) is 10.5 Å². The Morgan fingerprint density at radius 1 is 1.22 bits per heavy atom. The molecule has 0 bridgehead atoms. The van der Waals surface area contributed by atoms with E-state index < -0.39 is 11.7 Å². The number of imidazole rings is 1. The van der Waals surface area contributed by atoms with E-state index in [1.165, 1.54) is 5.56 Å². The van der Waals surface area contributed by atoms with Crippen LogP contribution in [0.25, 0.3) is 0 Å². The van der Waals surface area contributed by atoms with Crippen molar-refractivity contribution in [1.82, 2.24) is 19.8 Å². The molecule has 0 aliphatic carbocycles. The van der Waals surface area contributed by atoms with Gasteiger partial charge in [-0.25, -0.2) is 9.78 Å². The van der Waals surface area contributed by atoms with Crippen molar-refractivity contribution < 1.29 is 14.3 Å². The van der Waals surface area contributed by atoms with Gasteiger partial charge in [0.2, 0.25) is 0 Å². The fourth-order valence-corrected chi connectivity index (χ4v) is 4.39. The minimum atomic E-state index is -0.652. The Hall–Kier alpha value is -2.87. The fourth-order valence-electron chi connectivity index (χ4n) is 4.39. The van der Waals surface area contributed by atoms with Gasteiger partial charge in [0.1, 0.15) is 11.4 Å². The van der Waals surface area contributed by atoms with Crippen molar-refractivity contribution in [2.24, 2.45) is 5.92 Å². The highest BCUT2D eigenvalue weighted by Crippen LogP contribution is 2.40. The highest BCUT2D eigenvalue weighted by molar-refractivity contribution is 5.89. The first-order valence-corrected chi connectivity index (χ1v) is 11.5. The maximum Gasteiger partial charge on any atom is 0.321 e. The zero-order valence-electron chi connectivity index (χ0n) is 19.1. The number of anilines is 1. The average Bonchev–Trinajstić information content (AvgIpc) is 3.28. The van der Waals surface area contributed by atoms with Gasteiger partial charge in [-0.1, -0.05) is 32.9 Å². The summed E-state index contributed by atoms with van der Waals surface area (Å²) in [6.07, 6.45) is 5.26. The number of likely N-dealkylation sites (tertiary alicyclic amines) is 1. The number of rotatable bonds is 5. The van der Waals surface area contributed by atoms with Crippen LogP contribution in [0.3, 0.4) is 0 Å². The van der Waals surface area contributed by atoms with Gasteiger partial charge in [-0.2, -0.15) is 0 Å². The molecule has 8 nitrogen and oxygen atoms in total. The van der Waals surface area contributed by atoms with Crippen molar-refractivity contribution in [2.75, 3.05) is 25.0 Å². The number of benzene rings is 1. The second kappa shape index (κ2) is 9.32. The topological polar surface area (TPSA) is 88.5 Å². The lowest BCUT2D eigenvalue weighted by atomic mass is 9.88. The highest BCUT2D eigenvalue weighted by atomic mass is 16.5. The van der Waals surface area contributed by atoms with E-state index in [0.717, 1.165) is 17.9 Å². The average molecular weight is 440 g/mol. The number of piperidine rings is 1. The number of hydrogen-bond acceptors (Lipinski definition) is 4. The normalized spacial score (nSPS) is 19.6. The monoisotopic (exact) mass is 439 g/mol. The first-order valence-electron chi connectivity index (χ1n) is 11.5. The lowest BCUT2D eigenvalue weighted by molar-refractivity contribution is -0.171. The molecule has 4 rings (SSSR count). The third kappa shape index (κ3) is 4.65. The van der Waals surface area contributed by atoms with Crippen molar-refractivity contribution >= 4 is 17.6 Å². The number of carbonyl (C=O) groups is 2. The van der Waals surface area contributed by atoms with E-state index in [2.05, 4.69) is 36.4 Å². The van der Waals surface area contributed by atoms with Crippen LogP contribution in [0.1, 0.15) is 45.0 Å². The molecule has 1 aromatic heterocycles. The van der Waals surface area contributed by atoms with Gasteiger partial charge < -0.3 is 24.8 Å². The van der Waals surface area contributed by atoms with Crippen LogP contribution in [0.15, 0.2) is 36.7 Å². The summed E-state index contributed by atoms with van der Waals surface area (Å²) in [6, 6.07) is 7.81. The summed E-state index contributed by atoms with van der Waals surface area (Å²) in [4.78, 5) is 31.9. The van der Waals surface area contributed by atoms with Crippen LogP contribution >= 0.6 is 0 Å². The summed E-state index contributed by atoms with van der Waals surface area (Å²) < 4.78 is 8.43. The summed E-state index contributed by atoms with van der Waals surface area (Å²) in [7, 11) is 0. The molecular formula is C24H33N5O3. The van der Waals surface area contributed by atoms with Crippen LogP contribution < -0.4 is 10.6 Å². The van der Waals surface area contributed by atoms with Gasteiger partial charge >= 0.3 is 6.03 Å². The Morgan fingerprint density at radius 2 is 1.94 bits per heavy atom. The van der Waals surface area contributed by atoms with Crippen molar-refractivity contribution in [3.8, 4) is 0 Å². The molecule has 2 aliphatic rings. The Bertz CT molecular complexity index is 945. The zero-order chi connectivity index (χ0) is 22.7. The van der Waals surface area contributed by atoms with Gasteiger partial charge in [0.15, 0.2) is 6.10 Å². The quantitative estimate of drug-likeness (QED) is 0.749. The summed E-state index contributed by atoms with van der Waals surface area (Å²) in [5, 5.41) is 5.97. The molecule has 1 fully saturated rings. The molecule has 2 aromatic rings. The second-order valence-electron chi connectivity index (χ2n) is 9.11. The maximum absolute atomic E-state index is 12.8. The number of carbonyl (C=O) groups excluding carboxylic acids is 2. The van der Waals surface area contributed by atoms with Crippen LogP contribution in [-0.4, -0.2) is 52.1 Å². The van der Waals surface area contributed by atoms with Crippen LogP contribution in [0.5, 0.6) is 0 Å². The Kier molecular flexibility index (Phi) is 6.50. The molecular weight excluding hydrogens is 406 g/mol. The maximum atomic E-state index is 12.8. The van der Waals surface area contributed by atoms with Crippen LogP contribution in [0, 0.1) is 5.92 Å². The molecule has 3 amide bonds. The molecule has 172 valence electrons. The molecule has 1 atom stereocenters. The number of hydrogen-bond donors (Lipinski definition) is 2. The van der Waals surface area contributed by atoms with Crippen LogP contribution in [0.2, 0.25) is 0 Å². The Balaban J connectivity index is 1.41. The molecule has 0 radical (unpaired) electrons. The number of urea groups is 1. The molecule has 0 saturated carbocycles. The van der Waals surface area contributed by atoms with Crippen molar-refractivity contribution in [1.29, 1.82) is 0 Å². The lowest BCUT2D eigenvalue weighted by Crippen LogP contribution is -2.55. The van der Waals surface area contributed by atoms with Gasteiger partial charge in [0.05, 0.1) is 6.54 Å². The van der Waals surface area contributed by atoms with E-state index in [-0.39, 0.29) is 11.9 Å². The fraction of sp³-hybridized carbons (Fsp3) is 0.542. The highest BCUT2D eigenvalue weighted by Gasteiger charge is 2.47. The summed E-state index contributed by atoms with van der Waals surface area (Å²) in [5.74, 6) is 1.13. The molecule has 0 unspecified atom stereocenters. The number of aromatic nitrogens is 2. The first kappa shape index (κ1) is 22.3. The SMILES string of the molecule is CCc1ccc(NC(=O)N2CCC3(CC2)O[C@H](C(=O)NCC(C)C)Cn2ccnc23)cc1. The molecule has 1 spiro atoms. The van der Waals surface area contributed by atoms with E-state index in [4.69, 9.17) is 4.74 Å².